The second-order valence-corrected chi connectivity index (χ2v) is 5.16. The lowest BCUT2D eigenvalue weighted by atomic mass is 10.3. The van der Waals surface area contributed by atoms with Gasteiger partial charge >= 0.3 is 5.97 Å². The Hall–Kier alpha value is -1.69. The summed E-state index contributed by atoms with van der Waals surface area (Å²) in [6.07, 6.45) is 0. The van der Waals surface area contributed by atoms with E-state index in [1.54, 1.807) is 13.0 Å². The topological polar surface area (TPSA) is 72.2 Å². The van der Waals surface area contributed by atoms with Crippen molar-refractivity contribution < 1.29 is 9.90 Å². The summed E-state index contributed by atoms with van der Waals surface area (Å²) in [5.41, 5.74) is -0.285. The second-order valence-electron chi connectivity index (χ2n) is 3.92. The summed E-state index contributed by atoms with van der Waals surface area (Å²) in [5, 5.41) is 9.47. The molecular formula is C11H12N2O3S. The van der Waals surface area contributed by atoms with Crippen molar-refractivity contribution >= 4 is 27.5 Å². The Morgan fingerprint density at radius 1 is 1.53 bits per heavy atom. The number of hydrogen-bond acceptors (Lipinski definition) is 4. The van der Waals surface area contributed by atoms with Crippen molar-refractivity contribution in [3.8, 4) is 0 Å². The molecule has 0 amide bonds. The maximum absolute atomic E-state index is 12.2. The highest BCUT2D eigenvalue weighted by atomic mass is 32.1. The minimum Gasteiger partial charge on any atom is -0.480 e. The molecule has 2 heterocycles. The highest BCUT2D eigenvalue weighted by Crippen LogP contribution is 2.21. The molecule has 17 heavy (non-hydrogen) atoms. The molecule has 0 radical (unpaired) electrons. The molecule has 1 unspecified atom stereocenters. The van der Waals surface area contributed by atoms with E-state index in [4.69, 9.17) is 5.11 Å². The van der Waals surface area contributed by atoms with Crippen molar-refractivity contribution in [1.82, 2.24) is 9.55 Å². The molecule has 0 spiro atoms. The van der Waals surface area contributed by atoms with Gasteiger partial charge in [-0.3, -0.25) is 9.36 Å². The van der Waals surface area contributed by atoms with Crippen LogP contribution in [0.4, 0.5) is 0 Å². The summed E-state index contributed by atoms with van der Waals surface area (Å²) in [7, 11) is 0. The number of carbonyl (C=O) groups is 1. The quantitative estimate of drug-likeness (QED) is 0.883. The molecule has 0 aliphatic carbocycles. The van der Waals surface area contributed by atoms with Gasteiger partial charge in [0.25, 0.3) is 5.56 Å². The van der Waals surface area contributed by atoms with Crippen LogP contribution in [0.15, 0.2) is 10.9 Å². The number of aromatic nitrogens is 2. The van der Waals surface area contributed by atoms with Crippen LogP contribution in [0.25, 0.3) is 10.2 Å². The highest BCUT2D eigenvalue weighted by molar-refractivity contribution is 7.18. The van der Waals surface area contributed by atoms with E-state index < -0.39 is 12.0 Å². The monoisotopic (exact) mass is 252 g/mol. The molecule has 1 N–H and O–H groups in total. The van der Waals surface area contributed by atoms with Gasteiger partial charge in [0.1, 0.15) is 16.7 Å². The van der Waals surface area contributed by atoms with Crippen molar-refractivity contribution in [3.63, 3.8) is 0 Å². The predicted molar refractivity (Wildman–Crippen MR) is 65.7 cm³/mol. The highest BCUT2D eigenvalue weighted by Gasteiger charge is 2.19. The standard InChI is InChI=1S/C11H12N2O3S/c1-5-4-8-9(17-5)12-7(3)13(10(8)14)6(2)11(15)16/h4,6H,1-3H3,(H,15,16). The molecule has 6 heteroatoms. The molecule has 2 rings (SSSR count). The van der Waals surface area contributed by atoms with E-state index in [2.05, 4.69) is 4.98 Å². The number of nitrogens with zero attached hydrogens (tertiary/aromatic N) is 2. The van der Waals surface area contributed by atoms with Crippen LogP contribution < -0.4 is 5.56 Å². The smallest absolute Gasteiger partial charge is 0.326 e. The Balaban J connectivity index is 2.80. The third-order valence-electron chi connectivity index (χ3n) is 2.64. The van der Waals surface area contributed by atoms with Gasteiger partial charge < -0.3 is 5.11 Å². The average Bonchev–Trinajstić information content (AvgIpc) is 2.58. The van der Waals surface area contributed by atoms with Gasteiger partial charge in [0.05, 0.1) is 5.39 Å². The fraction of sp³-hybridized carbons (Fsp3) is 0.364. The summed E-state index contributed by atoms with van der Waals surface area (Å²) in [6, 6.07) is 0.847. The van der Waals surface area contributed by atoms with Crippen molar-refractivity contribution in [3.05, 3.63) is 27.1 Å². The molecule has 5 nitrogen and oxygen atoms in total. The normalized spacial score (nSPS) is 12.9. The Bertz CT molecular complexity index is 657. The summed E-state index contributed by atoms with van der Waals surface area (Å²) in [5.74, 6) is -0.609. The van der Waals surface area contributed by atoms with Gasteiger partial charge in [0.15, 0.2) is 0 Å². The van der Waals surface area contributed by atoms with Gasteiger partial charge in [-0.1, -0.05) is 0 Å². The maximum Gasteiger partial charge on any atom is 0.326 e. The third kappa shape index (κ3) is 1.84. The lowest BCUT2D eigenvalue weighted by Crippen LogP contribution is -2.30. The van der Waals surface area contributed by atoms with E-state index in [0.717, 1.165) is 4.88 Å². The number of carboxylic acid groups (broad SMARTS) is 1. The first-order valence-electron chi connectivity index (χ1n) is 5.14. The molecule has 0 saturated heterocycles. The molecule has 0 saturated carbocycles. The number of thiophene rings is 1. The van der Waals surface area contributed by atoms with Crippen molar-refractivity contribution in [1.29, 1.82) is 0 Å². The third-order valence-corrected chi connectivity index (χ3v) is 3.59. The minimum atomic E-state index is -1.04. The van der Waals surface area contributed by atoms with E-state index in [1.165, 1.54) is 22.8 Å². The van der Waals surface area contributed by atoms with E-state index in [-0.39, 0.29) is 5.56 Å². The number of hydrogen-bond donors (Lipinski definition) is 1. The van der Waals surface area contributed by atoms with Crippen LogP contribution in [0.1, 0.15) is 23.7 Å². The van der Waals surface area contributed by atoms with E-state index >= 15 is 0 Å². The zero-order valence-corrected chi connectivity index (χ0v) is 10.5. The fourth-order valence-corrected chi connectivity index (χ4v) is 2.70. The van der Waals surface area contributed by atoms with E-state index in [0.29, 0.717) is 16.0 Å². The number of aliphatic carboxylic acids is 1. The first-order valence-corrected chi connectivity index (χ1v) is 5.95. The average molecular weight is 252 g/mol. The molecule has 2 aromatic heterocycles. The second kappa shape index (κ2) is 3.96. The van der Waals surface area contributed by atoms with Gasteiger partial charge in [-0.2, -0.15) is 0 Å². The molecule has 0 aliphatic heterocycles. The molecule has 0 fully saturated rings. The van der Waals surface area contributed by atoms with Crippen LogP contribution in [0.3, 0.4) is 0 Å². The Morgan fingerprint density at radius 3 is 2.76 bits per heavy atom. The first-order chi connectivity index (χ1) is 7.91. The fourth-order valence-electron chi connectivity index (χ4n) is 1.78. The first kappa shape index (κ1) is 11.8. The van der Waals surface area contributed by atoms with Crippen LogP contribution in [-0.4, -0.2) is 20.6 Å². The zero-order valence-electron chi connectivity index (χ0n) is 9.72. The SMILES string of the molecule is Cc1cc2c(=O)n(C(C)C(=O)O)c(C)nc2s1. The van der Waals surface area contributed by atoms with Crippen LogP contribution in [0, 0.1) is 13.8 Å². The molecule has 90 valence electrons. The lowest BCUT2D eigenvalue weighted by molar-refractivity contribution is -0.140. The summed E-state index contributed by atoms with van der Waals surface area (Å²) < 4.78 is 1.22. The van der Waals surface area contributed by atoms with Crippen molar-refractivity contribution in [2.24, 2.45) is 0 Å². The van der Waals surface area contributed by atoms with Gasteiger partial charge in [0, 0.05) is 4.88 Å². The number of aryl methyl sites for hydroxylation is 2. The Morgan fingerprint density at radius 2 is 2.18 bits per heavy atom. The largest absolute Gasteiger partial charge is 0.480 e. The molecule has 0 aliphatic rings. The summed E-state index contributed by atoms with van der Waals surface area (Å²) in [6.45, 7) is 5.02. The Labute approximate surface area is 101 Å². The number of rotatable bonds is 2. The van der Waals surface area contributed by atoms with Crippen LogP contribution in [0.2, 0.25) is 0 Å². The summed E-state index contributed by atoms with van der Waals surface area (Å²) in [4.78, 5) is 29.1. The molecular weight excluding hydrogens is 240 g/mol. The zero-order chi connectivity index (χ0) is 12.7. The van der Waals surface area contributed by atoms with Gasteiger partial charge in [-0.15, -0.1) is 11.3 Å². The molecule has 0 bridgehead atoms. The minimum absolute atomic E-state index is 0.285. The van der Waals surface area contributed by atoms with Gasteiger partial charge in [-0.25, -0.2) is 9.78 Å². The van der Waals surface area contributed by atoms with E-state index in [1.807, 2.05) is 6.92 Å². The number of carboxylic acids is 1. The lowest BCUT2D eigenvalue weighted by Gasteiger charge is -2.13. The number of fused-ring (bicyclic) bond motifs is 1. The van der Waals surface area contributed by atoms with Crippen LogP contribution >= 0.6 is 11.3 Å². The van der Waals surface area contributed by atoms with Crippen LogP contribution in [0.5, 0.6) is 0 Å². The van der Waals surface area contributed by atoms with Crippen molar-refractivity contribution in [2.75, 3.05) is 0 Å². The van der Waals surface area contributed by atoms with Gasteiger partial charge in [-0.05, 0) is 26.8 Å². The predicted octanol–water partition coefficient (Wildman–Crippen LogP) is 1.72. The van der Waals surface area contributed by atoms with Crippen molar-refractivity contribution in [2.45, 2.75) is 26.8 Å². The molecule has 1 atom stereocenters. The van der Waals surface area contributed by atoms with Gasteiger partial charge in [0.2, 0.25) is 0 Å². The molecule has 0 aromatic carbocycles. The van der Waals surface area contributed by atoms with E-state index in [9.17, 15) is 9.59 Å². The molecule has 2 aromatic rings. The maximum atomic E-state index is 12.2. The Kier molecular flexibility index (Phi) is 2.74. The summed E-state index contributed by atoms with van der Waals surface area (Å²) >= 11 is 1.44. The van der Waals surface area contributed by atoms with Crippen LogP contribution in [-0.2, 0) is 4.79 Å².